The normalized spacial score (nSPS) is 10.8. The summed E-state index contributed by atoms with van der Waals surface area (Å²) in [5, 5.41) is 8.76. The molecule has 0 bridgehead atoms. The molecule has 0 atom stereocenters. The first kappa shape index (κ1) is 11.7. The van der Waals surface area contributed by atoms with Crippen molar-refractivity contribution in [1.29, 1.82) is 0 Å². The van der Waals surface area contributed by atoms with Crippen LogP contribution in [-0.4, -0.2) is 9.78 Å². The number of anilines is 1. The SMILES string of the molecule is Cn1cc2cc(NCc3ccc(F)cc3)ccc2n1. The average molecular weight is 255 g/mol. The summed E-state index contributed by atoms with van der Waals surface area (Å²) in [6.45, 7) is 0.673. The van der Waals surface area contributed by atoms with Crippen LogP contribution in [0, 0.1) is 5.82 Å². The predicted molar refractivity (Wildman–Crippen MR) is 74.4 cm³/mol. The number of aryl methyl sites for hydroxylation is 1. The van der Waals surface area contributed by atoms with E-state index in [9.17, 15) is 4.39 Å². The number of hydrogen-bond donors (Lipinski definition) is 1. The minimum absolute atomic E-state index is 0.208. The van der Waals surface area contributed by atoms with E-state index in [-0.39, 0.29) is 5.82 Å². The number of halogens is 1. The first-order chi connectivity index (χ1) is 9.20. The third kappa shape index (κ3) is 2.57. The highest BCUT2D eigenvalue weighted by Crippen LogP contribution is 2.18. The van der Waals surface area contributed by atoms with Crippen LogP contribution in [0.2, 0.25) is 0 Å². The van der Waals surface area contributed by atoms with Crippen LogP contribution in [-0.2, 0) is 13.6 Å². The largest absolute Gasteiger partial charge is 0.381 e. The second-order valence-corrected chi connectivity index (χ2v) is 4.56. The predicted octanol–water partition coefficient (Wildman–Crippen LogP) is 3.32. The second kappa shape index (κ2) is 4.72. The summed E-state index contributed by atoms with van der Waals surface area (Å²) in [5.74, 6) is -0.208. The summed E-state index contributed by atoms with van der Waals surface area (Å²) in [6.07, 6.45) is 1.98. The lowest BCUT2D eigenvalue weighted by Crippen LogP contribution is -1.98. The van der Waals surface area contributed by atoms with Gasteiger partial charge in [-0.05, 0) is 35.9 Å². The van der Waals surface area contributed by atoms with Crippen molar-refractivity contribution in [2.45, 2.75) is 6.54 Å². The van der Waals surface area contributed by atoms with Crippen LogP contribution < -0.4 is 5.32 Å². The Kier molecular flexibility index (Phi) is 2.91. The molecule has 0 amide bonds. The van der Waals surface area contributed by atoms with Crippen molar-refractivity contribution in [3.8, 4) is 0 Å². The van der Waals surface area contributed by atoms with Gasteiger partial charge < -0.3 is 5.32 Å². The topological polar surface area (TPSA) is 29.9 Å². The maximum Gasteiger partial charge on any atom is 0.123 e. The van der Waals surface area contributed by atoms with Crippen LogP contribution in [0.4, 0.5) is 10.1 Å². The Morgan fingerprint density at radius 1 is 1.16 bits per heavy atom. The summed E-state index contributed by atoms with van der Waals surface area (Å²) in [4.78, 5) is 0. The lowest BCUT2D eigenvalue weighted by molar-refractivity contribution is 0.627. The third-order valence-electron chi connectivity index (χ3n) is 3.03. The lowest BCUT2D eigenvalue weighted by atomic mass is 10.2. The van der Waals surface area contributed by atoms with E-state index in [1.54, 1.807) is 16.8 Å². The van der Waals surface area contributed by atoms with Crippen LogP contribution in [0.5, 0.6) is 0 Å². The van der Waals surface area contributed by atoms with E-state index in [2.05, 4.69) is 16.5 Å². The molecular weight excluding hydrogens is 241 g/mol. The van der Waals surface area contributed by atoms with Crippen molar-refractivity contribution in [1.82, 2.24) is 9.78 Å². The summed E-state index contributed by atoms with van der Waals surface area (Å²) in [7, 11) is 1.91. The molecule has 0 spiro atoms. The number of rotatable bonds is 3. The zero-order chi connectivity index (χ0) is 13.2. The van der Waals surface area contributed by atoms with Gasteiger partial charge in [-0.2, -0.15) is 5.10 Å². The van der Waals surface area contributed by atoms with E-state index in [1.807, 2.05) is 25.4 Å². The van der Waals surface area contributed by atoms with Crippen LogP contribution in [0.25, 0.3) is 10.9 Å². The Balaban J connectivity index is 1.75. The number of benzene rings is 2. The zero-order valence-corrected chi connectivity index (χ0v) is 10.6. The molecule has 3 nitrogen and oxygen atoms in total. The fourth-order valence-corrected chi connectivity index (χ4v) is 2.07. The van der Waals surface area contributed by atoms with Gasteiger partial charge >= 0.3 is 0 Å². The van der Waals surface area contributed by atoms with Crippen molar-refractivity contribution in [2.24, 2.45) is 7.05 Å². The van der Waals surface area contributed by atoms with Gasteiger partial charge in [0.1, 0.15) is 5.82 Å². The van der Waals surface area contributed by atoms with Crippen molar-refractivity contribution in [3.63, 3.8) is 0 Å². The van der Waals surface area contributed by atoms with Crippen LogP contribution in [0.15, 0.2) is 48.7 Å². The van der Waals surface area contributed by atoms with E-state index >= 15 is 0 Å². The molecule has 0 fully saturated rings. The van der Waals surface area contributed by atoms with Gasteiger partial charge in [-0.1, -0.05) is 12.1 Å². The van der Waals surface area contributed by atoms with Crippen LogP contribution in [0.3, 0.4) is 0 Å². The van der Waals surface area contributed by atoms with Crippen molar-refractivity contribution < 1.29 is 4.39 Å². The molecule has 0 unspecified atom stereocenters. The molecule has 96 valence electrons. The van der Waals surface area contributed by atoms with E-state index in [0.29, 0.717) is 6.54 Å². The maximum absolute atomic E-state index is 12.8. The molecule has 3 aromatic rings. The first-order valence-corrected chi connectivity index (χ1v) is 6.12. The number of aromatic nitrogens is 2. The Morgan fingerprint density at radius 3 is 2.74 bits per heavy atom. The van der Waals surface area contributed by atoms with Gasteiger partial charge in [0.05, 0.1) is 5.52 Å². The Labute approximate surface area is 110 Å². The van der Waals surface area contributed by atoms with Crippen LogP contribution in [0.1, 0.15) is 5.56 Å². The molecule has 19 heavy (non-hydrogen) atoms. The van der Waals surface area contributed by atoms with Crippen molar-refractivity contribution in [2.75, 3.05) is 5.32 Å². The molecule has 2 aromatic carbocycles. The minimum atomic E-state index is -0.208. The highest BCUT2D eigenvalue weighted by molar-refractivity contribution is 5.81. The van der Waals surface area contributed by atoms with Gasteiger partial charge in [0.2, 0.25) is 0 Å². The van der Waals surface area contributed by atoms with E-state index < -0.39 is 0 Å². The summed E-state index contributed by atoms with van der Waals surface area (Å²) in [5.41, 5.74) is 3.06. The lowest BCUT2D eigenvalue weighted by Gasteiger charge is -2.06. The maximum atomic E-state index is 12.8. The fraction of sp³-hybridized carbons (Fsp3) is 0.133. The van der Waals surface area contributed by atoms with Gasteiger partial charge in [0.25, 0.3) is 0 Å². The summed E-state index contributed by atoms with van der Waals surface area (Å²) < 4.78 is 14.6. The standard InChI is InChI=1S/C15H14FN3/c1-19-10-12-8-14(6-7-15(12)18-19)17-9-11-2-4-13(16)5-3-11/h2-8,10,17H,9H2,1H3. The summed E-state index contributed by atoms with van der Waals surface area (Å²) >= 11 is 0. The average Bonchev–Trinajstić information content (AvgIpc) is 2.77. The molecule has 1 aromatic heterocycles. The quantitative estimate of drug-likeness (QED) is 0.778. The Bertz CT molecular complexity index is 701. The number of nitrogens with one attached hydrogen (secondary N) is 1. The Morgan fingerprint density at radius 2 is 1.95 bits per heavy atom. The monoisotopic (exact) mass is 255 g/mol. The highest BCUT2D eigenvalue weighted by Gasteiger charge is 2.00. The molecule has 0 radical (unpaired) electrons. The van der Waals surface area contributed by atoms with E-state index in [1.165, 1.54) is 12.1 Å². The molecular formula is C15H14FN3. The van der Waals surface area contributed by atoms with E-state index in [0.717, 1.165) is 22.2 Å². The smallest absolute Gasteiger partial charge is 0.123 e. The summed E-state index contributed by atoms with van der Waals surface area (Å²) in [6, 6.07) is 12.6. The molecule has 0 saturated carbocycles. The number of fused-ring (bicyclic) bond motifs is 1. The third-order valence-corrected chi connectivity index (χ3v) is 3.03. The minimum Gasteiger partial charge on any atom is -0.381 e. The number of nitrogens with zero attached hydrogens (tertiary/aromatic N) is 2. The first-order valence-electron chi connectivity index (χ1n) is 6.12. The fourth-order valence-electron chi connectivity index (χ4n) is 2.07. The van der Waals surface area contributed by atoms with Gasteiger partial charge in [-0.3, -0.25) is 4.68 Å². The Hall–Kier alpha value is -2.36. The van der Waals surface area contributed by atoms with Gasteiger partial charge in [-0.15, -0.1) is 0 Å². The molecule has 4 heteroatoms. The molecule has 3 rings (SSSR count). The van der Waals surface area contributed by atoms with Crippen LogP contribution >= 0.6 is 0 Å². The highest BCUT2D eigenvalue weighted by atomic mass is 19.1. The second-order valence-electron chi connectivity index (χ2n) is 4.56. The van der Waals surface area contributed by atoms with E-state index in [4.69, 9.17) is 0 Å². The van der Waals surface area contributed by atoms with Gasteiger partial charge in [0.15, 0.2) is 0 Å². The molecule has 1 N–H and O–H groups in total. The molecule has 0 saturated heterocycles. The molecule has 0 aliphatic carbocycles. The molecule has 0 aliphatic rings. The zero-order valence-electron chi connectivity index (χ0n) is 10.6. The van der Waals surface area contributed by atoms with Gasteiger partial charge in [-0.25, -0.2) is 4.39 Å². The van der Waals surface area contributed by atoms with Gasteiger partial charge in [0, 0.05) is 30.9 Å². The number of hydrogen-bond acceptors (Lipinski definition) is 2. The molecule has 1 heterocycles. The van der Waals surface area contributed by atoms with Crippen molar-refractivity contribution in [3.05, 3.63) is 60.0 Å². The molecule has 0 aliphatic heterocycles. The van der Waals surface area contributed by atoms with Crippen molar-refractivity contribution >= 4 is 16.6 Å².